The van der Waals surface area contributed by atoms with Gasteiger partial charge in [-0.05, 0) is 40.7 Å². The van der Waals surface area contributed by atoms with E-state index in [1.165, 1.54) is 9.58 Å². The Morgan fingerprint density at radius 2 is 1.54 bits per heavy atom. The summed E-state index contributed by atoms with van der Waals surface area (Å²) in [7, 11) is -2.86. The maximum Gasteiger partial charge on any atom is 0.410 e. The average molecular weight is 810 g/mol. The highest BCUT2D eigenvalue weighted by atomic mass is 35.5. The Balaban J connectivity index is 0.000000215. The standard InChI is InChI=1S/C29H34FNO3Si.C12H16ClFN4O3/c1-29(2,3)35(24-15-9-5-10-16-24,25-17-11-6-12-18-25)34-27-19-20-31(21-26(27)30)28(32)33-22-23-13-7-4-8-14-23;1-12(6-21-7-12)16-3-2-9(8(14)5-16)17-11(13)10(4-15-17)18(19)20/h4-18,26-27H,19-22H2,1-3H3;4,8-9H,2-3,5-7H2,1H3/t26-,27+;8-,9-/m11/s1. The highest BCUT2D eigenvalue weighted by molar-refractivity contribution is 6.99. The molecule has 0 unspecified atom stereocenters. The second kappa shape index (κ2) is 17.5. The zero-order chi connectivity index (χ0) is 40.1. The van der Waals surface area contributed by atoms with Crippen LogP contribution in [-0.2, 0) is 20.5 Å². The first-order valence-electron chi connectivity index (χ1n) is 19.0. The first-order valence-corrected chi connectivity index (χ1v) is 21.2. The van der Waals surface area contributed by atoms with Gasteiger partial charge in [-0.1, -0.05) is 123 Å². The molecule has 11 nitrogen and oxygen atoms in total. The van der Waals surface area contributed by atoms with E-state index in [1.54, 1.807) is 0 Å². The number of hydrogen-bond donors (Lipinski definition) is 0. The number of likely N-dealkylation sites (tertiary alicyclic amines) is 2. The molecule has 1 amide bonds. The van der Waals surface area contributed by atoms with Crippen LogP contribution in [0.2, 0.25) is 10.2 Å². The number of nitrogens with zero attached hydrogens (tertiary/aromatic N) is 5. The maximum absolute atomic E-state index is 15.6. The molecule has 3 aliphatic heterocycles. The van der Waals surface area contributed by atoms with Gasteiger partial charge in [0.05, 0.1) is 42.4 Å². The summed E-state index contributed by atoms with van der Waals surface area (Å²) < 4.78 is 49.0. The molecule has 4 atom stereocenters. The van der Waals surface area contributed by atoms with Crippen molar-refractivity contribution in [3.8, 4) is 0 Å². The van der Waals surface area contributed by atoms with Gasteiger partial charge in [-0.2, -0.15) is 5.10 Å². The lowest BCUT2D eigenvalue weighted by Crippen LogP contribution is -2.69. The molecular formula is C41H50ClF2N5O6Si. The van der Waals surface area contributed by atoms with Crippen molar-refractivity contribution in [2.75, 3.05) is 39.4 Å². The fraction of sp³-hybridized carbons (Fsp3) is 0.463. The fourth-order valence-corrected chi connectivity index (χ4v) is 12.9. The van der Waals surface area contributed by atoms with Gasteiger partial charge >= 0.3 is 11.8 Å². The molecule has 4 heterocycles. The minimum atomic E-state index is -2.86. The van der Waals surface area contributed by atoms with E-state index in [0.717, 1.165) is 22.1 Å². The third kappa shape index (κ3) is 8.84. The molecule has 300 valence electrons. The summed E-state index contributed by atoms with van der Waals surface area (Å²) in [4.78, 5) is 26.3. The van der Waals surface area contributed by atoms with Gasteiger partial charge in [0.25, 0.3) is 8.32 Å². The first-order chi connectivity index (χ1) is 26.7. The summed E-state index contributed by atoms with van der Waals surface area (Å²) in [5, 5.41) is 16.6. The number of aromatic nitrogens is 2. The molecule has 3 aromatic carbocycles. The molecule has 3 fully saturated rings. The summed E-state index contributed by atoms with van der Waals surface area (Å²) in [6.07, 6.45) is -1.55. The summed E-state index contributed by atoms with van der Waals surface area (Å²) in [5.74, 6) is 0. The molecular weight excluding hydrogens is 760 g/mol. The number of amides is 1. The van der Waals surface area contributed by atoms with Crippen molar-refractivity contribution in [1.82, 2.24) is 19.6 Å². The number of piperidine rings is 2. The molecule has 7 rings (SSSR count). The van der Waals surface area contributed by atoms with Crippen molar-refractivity contribution in [3.63, 3.8) is 0 Å². The van der Waals surface area contributed by atoms with Crippen LogP contribution in [0.4, 0.5) is 19.3 Å². The van der Waals surface area contributed by atoms with Gasteiger partial charge in [0, 0.05) is 19.6 Å². The molecule has 0 bridgehead atoms. The highest BCUT2D eigenvalue weighted by Gasteiger charge is 2.53. The summed E-state index contributed by atoms with van der Waals surface area (Å²) in [6, 6.07) is 29.4. The van der Waals surface area contributed by atoms with Crippen LogP contribution in [0.3, 0.4) is 0 Å². The lowest BCUT2D eigenvalue weighted by atomic mass is 9.92. The Hall–Kier alpha value is -4.21. The van der Waals surface area contributed by atoms with Gasteiger partial charge in [-0.3, -0.25) is 15.0 Å². The van der Waals surface area contributed by atoms with Crippen molar-refractivity contribution >= 4 is 42.1 Å². The Kier molecular flexibility index (Phi) is 13.0. The van der Waals surface area contributed by atoms with E-state index in [9.17, 15) is 19.3 Å². The van der Waals surface area contributed by atoms with Crippen molar-refractivity contribution in [1.29, 1.82) is 0 Å². The predicted molar refractivity (Wildman–Crippen MR) is 213 cm³/mol. The average Bonchev–Trinajstić information content (AvgIpc) is 3.57. The Morgan fingerprint density at radius 3 is 2.02 bits per heavy atom. The summed E-state index contributed by atoms with van der Waals surface area (Å²) >= 11 is 5.94. The van der Waals surface area contributed by atoms with E-state index in [4.69, 9.17) is 25.5 Å². The number of alkyl halides is 2. The highest BCUT2D eigenvalue weighted by Crippen LogP contribution is 2.39. The number of halogens is 3. The molecule has 0 saturated carbocycles. The number of nitro groups is 1. The molecule has 56 heavy (non-hydrogen) atoms. The Morgan fingerprint density at radius 1 is 0.946 bits per heavy atom. The van der Waals surface area contributed by atoms with Crippen LogP contribution in [0.1, 0.15) is 52.1 Å². The number of rotatable bonds is 9. The SMILES string of the molecule is CC(C)(C)[Si](O[C@H]1CCN(C(=O)OCc2ccccc2)C[C@H]1F)(c1ccccc1)c1ccccc1.CC1(N2CC[C@@H](n3ncc([N+](=O)[O-])c3Cl)[C@H](F)C2)COC1. The number of ether oxygens (including phenoxy) is 2. The van der Waals surface area contributed by atoms with Crippen LogP contribution in [0, 0.1) is 10.1 Å². The zero-order valence-electron chi connectivity index (χ0n) is 32.2. The molecule has 1 aromatic heterocycles. The van der Waals surface area contributed by atoms with E-state index in [0.29, 0.717) is 39.1 Å². The molecule has 3 aliphatic rings. The van der Waals surface area contributed by atoms with Gasteiger partial charge < -0.3 is 18.8 Å². The van der Waals surface area contributed by atoms with Crippen LogP contribution in [0.5, 0.6) is 0 Å². The van der Waals surface area contributed by atoms with Crippen molar-refractivity contribution in [3.05, 3.63) is 118 Å². The molecule has 3 saturated heterocycles. The van der Waals surface area contributed by atoms with Crippen LogP contribution < -0.4 is 10.4 Å². The number of hydrogen-bond acceptors (Lipinski definition) is 8. The normalized spacial score (nSPS) is 22.7. The van der Waals surface area contributed by atoms with Gasteiger partial charge in [-0.25, -0.2) is 18.3 Å². The molecule has 0 spiro atoms. The molecule has 0 N–H and O–H groups in total. The maximum atomic E-state index is 15.6. The molecule has 15 heteroatoms. The van der Waals surface area contributed by atoms with E-state index in [1.807, 2.05) is 66.7 Å². The lowest BCUT2D eigenvalue weighted by molar-refractivity contribution is -0.384. The van der Waals surface area contributed by atoms with Gasteiger partial charge in [0.15, 0.2) is 0 Å². The summed E-state index contributed by atoms with van der Waals surface area (Å²) in [5.41, 5.74) is 0.517. The van der Waals surface area contributed by atoms with Crippen molar-refractivity contribution in [2.24, 2.45) is 0 Å². The van der Waals surface area contributed by atoms with Crippen LogP contribution in [0.25, 0.3) is 0 Å². The third-order valence-corrected chi connectivity index (χ3v) is 16.4. The molecule has 0 radical (unpaired) electrons. The van der Waals surface area contributed by atoms with Crippen LogP contribution in [0.15, 0.2) is 97.2 Å². The predicted octanol–water partition coefficient (Wildman–Crippen LogP) is 7.13. The van der Waals surface area contributed by atoms with E-state index in [-0.39, 0.29) is 41.1 Å². The van der Waals surface area contributed by atoms with E-state index >= 15 is 4.39 Å². The van der Waals surface area contributed by atoms with Gasteiger partial charge in [0.2, 0.25) is 5.15 Å². The van der Waals surface area contributed by atoms with Crippen LogP contribution >= 0.6 is 11.6 Å². The molecule has 4 aromatic rings. The monoisotopic (exact) mass is 809 g/mol. The lowest BCUT2D eigenvalue weighted by Gasteiger charge is -2.50. The topological polar surface area (TPSA) is 112 Å². The Labute approximate surface area is 332 Å². The van der Waals surface area contributed by atoms with Crippen molar-refractivity contribution < 1.29 is 32.4 Å². The zero-order valence-corrected chi connectivity index (χ0v) is 34.0. The van der Waals surface area contributed by atoms with Gasteiger partial charge in [0.1, 0.15) is 25.1 Å². The largest absolute Gasteiger partial charge is 0.445 e. The van der Waals surface area contributed by atoms with E-state index < -0.39 is 43.8 Å². The minimum absolute atomic E-state index is 0.0313. The smallest absolute Gasteiger partial charge is 0.410 e. The molecule has 0 aliphatic carbocycles. The minimum Gasteiger partial charge on any atom is -0.445 e. The first kappa shape index (κ1) is 41.4. The Bertz CT molecular complexity index is 1880. The second-order valence-corrected chi connectivity index (χ2v) is 20.6. The van der Waals surface area contributed by atoms with E-state index in [2.05, 4.69) is 62.0 Å². The fourth-order valence-electron chi connectivity index (χ4n) is 7.84. The third-order valence-electron chi connectivity index (χ3n) is 11.0. The van der Waals surface area contributed by atoms with Gasteiger partial charge in [-0.15, -0.1) is 0 Å². The number of benzene rings is 3. The summed E-state index contributed by atoms with van der Waals surface area (Å²) in [6.45, 7) is 11.3. The second-order valence-electron chi connectivity index (χ2n) is 15.9. The number of carbonyl (C=O) groups excluding carboxylic acids is 1. The number of carbonyl (C=O) groups is 1. The quantitative estimate of drug-likeness (QED) is 0.0998. The van der Waals surface area contributed by atoms with Crippen LogP contribution in [-0.4, -0.2) is 102 Å². The van der Waals surface area contributed by atoms with Crippen molar-refractivity contribution in [2.45, 2.75) is 82.2 Å².